The molecule has 19 heavy (non-hydrogen) atoms. The Morgan fingerprint density at radius 2 is 1.89 bits per heavy atom. The van der Waals surface area contributed by atoms with Crippen molar-refractivity contribution in [3.05, 3.63) is 57.9 Å². The lowest BCUT2D eigenvalue weighted by Crippen LogP contribution is -1.90. The van der Waals surface area contributed by atoms with Crippen LogP contribution in [0.25, 0.3) is 10.8 Å². The maximum absolute atomic E-state index is 5.80. The van der Waals surface area contributed by atoms with E-state index in [4.69, 9.17) is 4.74 Å². The van der Waals surface area contributed by atoms with Crippen LogP contribution in [-0.2, 0) is 0 Å². The van der Waals surface area contributed by atoms with Gasteiger partial charge in [0, 0.05) is 32.1 Å². The number of hydrogen-bond acceptors (Lipinski definition) is 3. The van der Waals surface area contributed by atoms with Gasteiger partial charge in [-0.05, 0) is 40.2 Å². The van der Waals surface area contributed by atoms with Crippen molar-refractivity contribution in [1.29, 1.82) is 0 Å². The molecule has 3 nitrogen and oxygen atoms in total. The number of hydrogen-bond donors (Lipinski definition) is 0. The average Bonchev–Trinajstić information content (AvgIpc) is 2.40. The van der Waals surface area contributed by atoms with Crippen LogP contribution in [-0.4, -0.2) is 9.97 Å². The van der Waals surface area contributed by atoms with E-state index in [0.717, 1.165) is 19.7 Å². The van der Waals surface area contributed by atoms with E-state index in [1.54, 1.807) is 18.6 Å². The second-order valence-corrected chi connectivity index (χ2v) is 5.66. The molecule has 2 heterocycles. The summed E-state index contributed by atoms with van der Waals surface area (Å²) in [6, 6.07) is 9.73. The molecule has 94 valence electrons. The molecule has 0 unspecified atom stereocenters. The summed E-state index contributed by atoms with van der Waals surface area (Å²) in [5.74, 6) is 1.22. The van der Waals surface area contributed by atoms with Crippen LogP contribution in [0.1, 0.15) is 0 Å². The number of pyridine rings is 2. The molecular weight excluding hydrogens is 372 g/mol. The molecule has 0 aliphatic carbocycles. The van der Waals surface area contributed by atoms with Gasteiger partial charge in [0.2, 0.25) is 5.88 Å². The predicted octanol–water partition coefficient (Wildman–Crippen LogP) is 4.95. The van der Waals surface area contributed by atoms with E-state index in [-0.39, 0.29) is 0 Å². The van der Waals surface area contributed by atoms with Gasteiger partial charge in [-0.1, -0.05) is 22.0 Å². The molecule has 2 aromatic heterocycles. The molecular formula is C14H8Br2N2O. The first-order valence-corrected chi connectivity index (χ1v) is 7.14. The Balaban J connectivity index is 2.08. The molecule has 0 saturated heterocycles. The van der Waals surface area contributed by atoms with Gasteiger partial charge in [0.15, 0.2) is 0 Å². The lowest BCUT2D eigenvalue weighted by molar-refractivity contribution is 0.466. The van der Waals surface area contributed by atoms with Crippen molar-refractivity contribution in [3.63, 3.8) is 0 Å². The highest BCUT2D eigenvalue weighted by Gasteiger charge is 2.07. The quantitative estimate of drug-likeness (QED) is 0.632. The van der Waals surface area contributed by atoms with Crippen LogP contribution in [0.2, 0.25) is 0 Å². The summed E-state index contributed by atoms with van der Waals surface area (Å²) in [5, 5.41) is 2.02. The van der Waals surface area contributed by atoms with Gasteiger partial charge in [-0.2, -0.15) is 0 Å². The maximum atomic E-state index is 5.80. The number of nitrogens with zero attached hydrogens (tertiary/aromatic N) is 2. The summed E-state index contributed by atoms with van der Waals surface area (Å²) in [6.07, 6.45) is 5.09. The summed E-state index contributed by atoms with van der Waals surface area (Å²) in [6.45, 7) is 0. The van der Waals surface area contributed by atoms with Crippen LogP contribution >= 0.6 is 31.9 Å². The largest absolute Gasteiger partial charge is 0.437 e. The first-order chi connectivity index (χ1) is 9.24. The molecule has 0 saturated carbocycles. The van der Waals surface area contributed by atoms with Crippen molar-refractivity contribution < 1.29 is 4.74 Å². The number of benzene rings is 1. The highest BCUT2D eigenvalue weighted by molar-refractivity contribution is 9.11. The van der Waals surface area contributed by atoms with Crippen LogP contribution in [0.5, 0.6) is 11.6 Å². The van der Waals surface area contributed by atoms with Gasteiger partial charge < -0.3 is 4.74 Å². The number of fused-ring (bicyclic) bond motifs is 1. The summed E-state index contributed by atoms with van der Waals surface area (Å²) >= 11 is 6.89. The van der Waals surface area contributed by atoms with Crippen LogP contribution in [0, 0.1) is 0 Å². The lowest BCUT2D eigenvalue weighted by atomic mass is 10.2. The Morgan fingerprint density at radius 3 is 2.74 bits per heavy atom. The first-order valence-electron chi connectivity index (χ1n) is 5.56. The first kappa shape index (κ1) is 12.6. The zero-order valence-corrected chi connectivity index (χ0v) is 12.8. The second kappa shape index (κ2) is 5.27. The van der Waals surface area contributed by atoms with Crippen LogP contribution < -0.4 is 4.74 Å². The molecule has 1 aromatic carbocycles. The SMILES string of the molecule is Brc1cncc(Oc2nccc3c(Br)cccc23)c1. The minimum atomic E-state index is 0.568. The van der Waals surface area contributed by atoms with Gasteiger partial charge in [0.25, 0.3) is 0 Å². The monoisotopic (exact) mass is 378 g/mol. The van der Waals surface area contributed by atoms with Crippen molar-refractivity contribution in [2.24, 2.45) is 0 Å². The summed E-state index contributed by atoms with van der Waals surface area (Å²) in [5.41, 5.74) is 0. The summed E-state index contributed by atoms with van der Waals surface area (Å²) < 4.78 is 7.69. The van der Waals surface area contributed by atoms with E-state index in [2.05, 4.69) is 41.8 Å². The smallest absolute Gasteiger partial charge is 0.227 e. The maximum Gasteiger partial charge on any atom is 0.227 e. The van der Waals surface area contributed by atoms with Gasteiger partial charge in [0.05, 0.1) is 6.20 Å². The number of ether oxygens (including phenoxy) is 1. The Hall–Kier alpha value is -1.46. The van der Waals surface area contributed by atoms with E-state index < -0.39 is 0 Å². The minimum Gasteiger partial charge on any atom is -0.437 e. The van der Waals surface area contributed by atoms with Gasteiger partial charge in [-0.25, -0.2) is 4.98 Å². The molecule has 3 aromatic rings. The van der Waals surface area contributed by atoms with Gasteiger partial charge >= 0.3 is 0 Å². The topological polar surface area (TPSA) is 35.0 Å². The predicted molar refractivity (Wildman–Crippen MR) is 81.5 cm³/mol. The fourth-order valence-electron chi connectivity index (χ4n) is 1.78. The molecule has 0 atom stereocenters. The Bertz CT molecular complexity index is 746. The Kier molecular flexibility index (Phi) is 3.48. The highest BCUT2D eigenvalue weighted by atomic mass is 79.9. The van der Waals surface area contributed by atoms with E-state index in [0.29, 0.717) is 11.6 Å². The lowest BCUT2D eigenvalue weighted by Gasteiger charge is -2.08. The normalized spacial score (nSPS) is 10.6. The van der Waals surface area contributed by atoms with Gasteiger partial charge in [-0.3, -0.25) is 4.98 Å². The Labute approximate surface area is 126 Å². The molecule has 0 radical (unpaired) electrons. The molecule has 0 aliphatic heterocycles. The van der Waals surface area contributed by atoms with E-state index in [1.165, 1.54) is 0 Å². The van der Waals surface area contributed by atoms with Crippen molar-refractivity contribution >= 4 is 42.6 Å². The number of rotatable bonds is 2. The molecule has 0 spiro atoms. The highest BCUT2D eigenvalue weighted by Crippen LogP contribution is 2.31. The second-order valence-electron chi connectivity index (χ2n) is 3.89. The zero-order valence-electron chi connectivity index (χ0n) is 9.68. The summed E-state index contributed by atoms with van der Waals surface area (Å²) in [4.78, 5) is 8.36. The third-order valence-electron chi connectivity index (χ3n) is 2.61. The van der Waals surface area contributed by atoms with Gasteiger partial charge in [0.1, 0.15) is 5.75 Å². The fraction of sp³-hybridized carbons (Fsp3) is 0. The number of halogens is 2. The van der Waals surface area contributed by atoms with Crippen molar-refractivity contribution in [1.82, 2.24) is 9.97 Å². The standard InChI is InChI=1S/C14H8Br2N2O/c15-9-6-10(8-17-7-9)19-14-12-2-1-3-13(16)11(12)4-5-18-14/h1-8H. The molecule has 0 amide bonds. The molecule has 0 bridgehead atoms. The van der Waals surface area contributed by atoms with Crippen molar-refractivity contribution in [3.8, 4) is 11.6 Å². The van der Waals surface area contributed by atoms with E-state index in [9.17, 15) is 0 Å². The van der Waals surface area contributed by atoms with E-state index in [1.807, 2.05) is 30.3 Å². The van der Waals surface area contributed by atoms with Crippen molar-refractivity contribution in [2.75, 3.05) is 0 Å². The molecule has 0 aliphatic rings. The van der Waals surface area contributed by atoms with E-state index >= 15 is 0 Å². The fourth-order valence-corrected chi connectivity index (χ4v) is 2.63. The molecule has 5 heteroatoms. The average molecular weight is 380 g/mol. The third-order valence-corrected chi connectivity index (χ3v) is 3.74. The molecule has 3 rings (SSSR count). The molecule has 0 N–H and O–H groups in total. The zero-order chi connectivity index (χ0) is 13.2. The Morgan fingerprint density at radius 1 is 1.00 bits per heavy atom. The minimum absolute atomic E-state index is 0.568. The van der Waals surface area contributed by atoms with Crippen LogP contribution in [0.4, 0.5) is 0 Å². The third kappa shape index (κ3) is 2.62. The molecule has 0 fully saturated rings. The number of aromatic nitrogens is 2. The summed E-state index contributed by atoms with van der Waals surface area (Å²) in [7, 11) is 0. The van der Waals surface area contributed by atoms with Gasteiger partial charge in [-0.15, -0.1) is 0 Å². The van der Waals surface area contributed by atoms with Crippen molar-refractivity contribution in [2.45, 2.75) is 0 Å². The van der Waals surface area contributed by atoms with Crippen LogP contribution in [0.15, 0.2) is 57.9 Å². The van der Waals surface area contributed by atoms with Crippen LogP contribution in [0.3, 0.4) is 0 Å².